The topological polar surface area (TPSA) is 111 Å². The van der Waals surface area contributed by atoms with Gasteiger partial charge in [0.15, 0.2) is 6.10 Å². The standard InChI is InChI=1S/C50H84NO8P/c1-6-8-10-12-14-16-18-20-22-24-25-27-29-31-33-35-37-39-41-43-50(53)59-48(47-58-60(54,55)57-45-44-51(3,4)5)46-56-49(52)42-40-38-36-34-32-30-28-26-23-21-19-17-15-13-11-9-7-2/h8,10,14,16,20,22,25,27,30-33,36-39,48H,6-7,9,11-13,15,17-19,21,23-24,26,28-29,34-35,40-47H2,1-5H3/b10-8-,16-14-,22-20-,27-25-,32-30-,33-31-,38-36-,39-37-. The molecular weight excluding hydrogens is 774 g/mol. The second-order valence-corrected chi connectivity index (χ2v) is 17.4. The van der Waals surface area contributed by atoms with Gasteiger partial charge in [0, 0.05) is 12.8 Å². The van der Waals surface area contributed by atoms with Crippen LogP contribution in [0.15, 0.2) is 97.2 Å². The monoisotopic (exact) mass is 858 g/mol. The van der Waals surface area contributed by atoms with Crippen molar-refractivity contribution in [1.82, 2.24) is 0 Å². The van der Waals surface area contributed by atoms with E-state index >= 15 is 0 Å². The molecule has 0 rings (SSSR count). The van der Waals surface area contributed by atoms with Crippen LogP contribution in [0.5, 0.6) is 0 Å². The molecular formula is C50H84NO8P. The Morgan fingerprint density at radius 2 is 0.950 bits per heavy atom. The van der Waals surface area contributed by atoms with E-state index in [1.165, 1.54) is 64.2 Å². The van der Waals surface area contributed by atoms with Crippen LogP contribution in [-0.2, 0) is 32.7 Å². The number of hydrogen-bond acceptors (Lipinski definition) is 8. The Kier molecular flexibility index (Phi) is 39.2. The normalized spacial score (nSPS) is 14.4. The van der Waals surface area contributed by atoms with Gasteiger partial charge in [-0.25, -0.2) is 0 Å². The van der Waals surface area contributed by atoms with Crippen molar-refractivity contribution in [2.75, 3.05) is 47.5 Å². The first-order valence-corrected chi connectivity index (χ1v) is 24.4. The molecule has 0 heterocycles. The van der Waals surface area contributed by atoms with Crippen molar-refractivity contribution in [1.29, 1.82) is 0 Å². The minimum Gasteiger partial charge on any atom is -0.756 e. The predicted octanol–water partition coefficient (Wildman–Crippen LogP) is 12.7. The third-order valence-electron chi connectivity index (χ3n) is 9.12. The van der Waals surface area contributed by atoms with Crippen LogP contribution >= 0.6 is 7.82 Å². The number of esters is 2. The molecule has 0 saturated carbocycles. The lowest BCUT2D eigenvalue weighted by atomic mass is 10.1. The molecule has 0 radical (unpaired) electrons. The van der Waals surface area contributed by atoms with Crippen LogP contribution in [-0.4, -0.2) is 70.0 Å². The number of likely N-dealkylation sites (N-methyl/N-ethyl adjacent to an activating group) is 1. The van der Waals surface area contributed by atoms with Gasteiger partial charge in [-0.05, 0) is 70.6 Å². The van der Waals surface area contributed by atoms with Crippen LogP contribution in [0.3, 0.4) is 0 Å². The van der Waals surface area contributed by atoms with Gasteiger partial charge >= 0.3 is 11.9 Å². The summed E-state index contributed by atoms with van der Waals surface area (Å²) in [6, 6.07) is 0. The zero-order valence-electron chi connectivity index (χ0n) is 38.4. The number of ether oxygens (including phenoxy) is 2. The third kappa shape index (κ3) is 44.5. The third-order valence-corrected chi connectivity index (χ3v) is 10.1. The van der Waals surface area contributed by atoms with Gasteiger partial charge in [0.2, 0.25) is 0 Å². The number of phosphoric ester groups is 1. The van der Waals surface area contributed by atoms with Crippen LogP contribution < -0.4 is 4.89 Å². The Balaban J connectivity index is 4.55. The van der Waals surface area contributed by atoms with Gasteiger partial charge in [0.25, 0.3) is 7.82 Å². The molecule has 0 aromatic heterocycles. The SMILES string of the molecule is CC/C=C\C/C=C\C/C=C\C/C=C\C/C=C\C/C=C\CCC(=O)OC(COC(=O)CC/C=C\C/C=C\CCCCCCCCCCCC)COP(=O)([O-])OCC[N+](C)(C)C. The van der Waals surface area contributed by atoms with Crippen LogP contribution in [0.25, 0.3) is 0 Å². The van der Waals surface area contributed by atoms with Crippen molar-refractivity contribution in [2.24, 2.45) is 0 Å². The average molecular weight is 858 g/mol. The first kappa shape index (κ1) is 56.9. The molecule has 0 aliphatic carbocycles. The second kappa shape index (κ2) is 41.3. The van der Waals surface area contributed by atoms with Crippen LogP contribution in [0.4, 0.5) is 0 Å². The summed E-state index contributed by atoms with van der Waals surface area (Å²) >= 11 is 0. The molecule has 0 spiro atoms. The number of phosphoric acid groups is 1. The largest absolute Gasteiger partial charge is 0.756 e. The summed E-state index contributed by atoms with van der Waals surface area (Å²) < 4.78 is 33.7. The number of allylic oxidation sites excluding steroid dienone is 16. The fraction of sp³-hybridized carbons (Fsp3) is 0.640. The van der Waals surface area contributed by atoms with Crippen molar-refractivity contribution >= 4 is 19.8 Å². The van der Waals surface area contributed by atoms with Crippen molar-refractivity contribution < 1.29 is 42.1 Å². The Bertz CT molecular complexity index is 1340. The highest BCUT2D eigenvalue weighted by atomic mass is 31.2. The fourth-order valence-electron chi connectivity index (χ4n) is 5.56. The van der Waals surface area contributed by atoms with Gasteiger partial charge in [-0.1, -0.05) is 169 Å². The molecule has 0 aliphatic heterocycles. The Morgan fingerprint density at radius 1 is 0.533 bits per heavy atom. The summed E-state index contributed by atoms with van der Waals surface area (Å²) in [5, 5.41) is 0. The van der Waals surface area contributed by atoms with Gasteiger partial charge in [-0.2, -0.15) is 0 Å². The van der Waals surface area contributed by atoms with Gasteiger partial charge in [-0.3, -0.25) is 14.2 Å². The Labute approximate surface area is 366 Å². The Hall–Kier alpha value is -3.07. The molecule has 0 fully saturated rings. The van der Waals surface area contributed by atoms with Crippen LogP contribution in [0.1, 0.15) is 155 Å². The summed E-state index contributed by atoms with van der Waals surface area (Å²) in [4.78, 5) is 37.5. The van der Waals surface area contributed by atoms with Crippen molar-refractivity contribution in [3.8, 4) is 0 Å². The molecule has 0 aromatic rings. The first-order chi connectivity index (χ1) is 29.0. The number of nitrogens with zero attached hydrogens (tertiary/aromatic N) is 1. The molecule has 342 valence electrons. The number of carbonyl (C=O) groups excluding carboxylic acids is 2. The quantitative estimate of drug-likeness (QED) is 0.0197. The van der Waals surface area contributed by atoms with E-state index in [1.54, 1.807) is 0 Å². The molecule has 0 aromatic carbocycles. The zero-order valence-corrected chi connectivity index (χ0v) is 39.3. The maximum atomic E-state index is 12.7. The van der Waals surface area contributed by atoms with Gasteiger partial charge in [0.1, 0.15) is 19.8 Å². The fourth-order valence-corrected chi connectivity index (χ4v) is 6.28. The maximum Gasteiger partial charge on any atom is 0.306 e. The van der Waals surface area contributed by atoms with Crippen LogP contribution in [0.2, 0.25) is 0 Å². The maximum absolute atomic E-state index is 12.7. The predicted molar refractivity (Wildman–Crippen MR) is 249 cm³/mol. The smallest absolute Gasteiger partial charge is 0.306 e. The summed E-state index contributed by atoms with van der Waals surface area (Å²) in [7, 11) is 1.08. The van der Waals surface area contributed by atoms with Gasteiger partial charge in [0.05, 0.1) is 27.7 Å². The van der Waals surface area contributed by atoms with E-state index in [0.29, 0.717) is 23.9 Å². The molecule has 0 saturated heterocycles. The molecule has 9 nitrogen and oxygen atoms in total. The lowest BCUT2D eigenvalue weighted by molar-refractivity contribution is -0.870. The van der Waals surface area contributed by atoms with Crippen molar-refractivity contribution in [3.63, 3.8) is 0 Å². The van der Waals surface area contributed by atoms with E-state index in [4.69, 9.17) is 18.5 Å². The minimum absolute atomic E-state index is 0.0572. The molecule has 0 N–H and O–H groups in total. The van der Waals surface area contributed by atoms with E-state index < -0.39 is 32.5 Å². The highest BCUT2D eigenvalue weighted by Gasteiger charge is 2.21. The van der Waals surface area contributed by atoms with E-state index in [0.717, 1.165) is 51.4 Å². The zero-order chi connectivity index (χ0) is 44.3. The molecule has 2 atom stereocenters. The highest BCUT2D eigenvalue weighted by molar-refractivity contribution is 7.45. The van der Waals surface area contributed by atoms with E-state index in [2.05, 4.69) is 86.8 Å². The number of hydrogen-bond donors (Lipinski definition) is 0. The molecule has 60 heavy (non-hydrogen) atoms. The van der Waals surface area contributed by atoms with Crippen molar-refractivity contribution in [2.45, 2.75) is 161 Å². The summed E-state index contributed by atoms with van der Waals surface area (Å²) in [5.41, 5.74) is 0. The highest BCUT2D eigenvalue weighted by Crippen LogP contribution is 2.38. The number of quaternary nitrogens is 1. The Morgan fingerprint density at radius 3 is 1.42 bits per heavy atom. The lowest BCUT2D eigenvalue weighted by Gasteiger charge is -2.28. The number of carbonyl (C=O) groups is 2. The lowest BCUT2D eigenvalue weighted by Crippen LogP contribution is -2.37. The molecule has 2 unspecified atom stereocenters. The summed E-state index contributed by atoms with van der Waals surface area (Å²) in [6.07, 6.45) is 54.7. The van der Waals surface area contributed by atoms with Crippen molar-refractivity contribution in [3.05, 3.63) is 97.2 Å². The average Bonchev–Trinajstić information content (AvgIpc) is 3.20. The summed E-state index contributed by atoms with van der Waals surface area (Å²) in [6.45, 7) is 3.94. The molecule has 0 bridgehead atoms. The van der Waals surface area contributed by atoms with E-state index in [9.17, 15) is 19.0 Å². The van der Waals surface area contributed by atoms with Crippen LogP contribution in [0, 0.1) is 0 Å². The second-order valence-electron chi connectivity index (χ2n) is 16.0. The number of unbranched alkanes of at least 4 members (excludes halogenated alkanes) is 10. The molecule has 0 aliphatic rings. The van der Waals surface area contributed by atoms with Gasteiger partial charge < -0.3 is 27.9 Å². The molecule has 10 heteroatoms. The van der Waals surface area contributed by atoms with E-state index in [-0.39, 0.29) is 26.1 Å². The van der Waals surface area contributed by atoms with E-state index in [1.807, 2.05) is 45.4 Å². The summed E-state index contributed by atoms with van der Waals surface area (Å²) in [5.74, 6) is -1.02. The number of rotatable bonds is 40. The van der Waals surface area contributed by atoms with Gasteiger partial charge in [-0.15, -0.1) is 0 Å². The first-order valence-electron chi connectivity index (χ1n) is 22.9. The molecule has 0 amide bonds. The minimum atomic E-state index is -4.66.